The number of Topliss-reactive ketones (excluding diaryl/α,β-unsaturated/α-hetero) is 1. The summed E-state index contributed by atoms with van der Waals surface area (Å²) in [6.45, 7) is 10.5. The molecule has 0 saturated heterocycles. The Balaban J connectivity index is 1.59. The molecular formula is C33H39N3O4. The van der Waals surface area contributed by atoms with Crippen molar-refractivity contribution < 1.29 is 19.1 Å². The van der Waals surface area contributed by atoms with E-state index in [0.717, 1.165) is 58.5 Å². The van der Waals surface area contributed by atoms with Crippen molar-refractivity contribution in [1.29, 1.82) is 0 Å². The second-order valence-corrected chi connectivity index (χ2v) is 10.9. The number of nitrogens with zero attached hydrogens (tertiary/aromatic N) is 2. The lowest BCUT2D eigenvalue weighted by Crippen LogP contribution is -2.26. The first-order valence-electron chi connectivity index (χ1n) is 14.0. The number of anilines is 1. The Hall–Kier alpha value is -4.13. The average molecular weight is 542 g/mol. The Labute approximate surface area is 236 Å². The van der Waals surface area contributed by atoms with Crippen molar-refractivity contribution >= 4 is 28.7 Å². The molecule has 0 atom stereocenters. The molecule has 210 valence electrons. The molecule has 0 saturated carbocycles. The maximum atomic E-state index is 12.3. The summed E-state index contributed by atoms with van der Waals surface area (Å²) in [4.78, 5) is 29.1. The molecule has 0 aliphatic carbocycles. The zero-order valence-corrected chi connectivity index (χ0v) is 24.1. The molecule has 0 aliphatic heterocycles. The van der Waals surface area contributed by atoms with Crippen LogP contribution in [0.3, 0.4) is 0 Å². The van der Waals surface area contributed by atoms with Crippen molar-refractivity contribution in [2.24, 2.45) is 0 Å². The van der Waals surface area contributed by atoms with E-state index in [2.05, 4.69) is 35.0 Å². The zero-order chi connectivity index (χ0) is 28.7. The predicted octanol–water partition coefficient (Wildman–Crippen LogP) is 7.80. The van der Waals surface area contributed by atoms with Gasteiger partial charge in [0.05, 0.1) is 17.6 Å². The van der Waals surface area contributed by atoms with Crippen LogP contribution in [-0.2, 0) is 22.5 Å². The number of nitrogens with one attached hydrogen (secondary N) is 1. The van der Waals surface area contributed by atoms with E-state index in [-0.39, 0.29) is 5.78 Å². The van der Waals surface area contributed by atoms with Crippen LogP contribution < -0.4 is 10.1 Å². The van der Waals surface area contributed by atoms with Crippen molar-refractivity contribution in [3.05, 3.63) is 78.1 Å². The van der Waals surface area contributed by atoms with Gasteiger partial charge in [-0.05, 0) is 62.6 Å². The Kier molecular flexibility index (Phi) is 9.25. The summed E-state index contributed by atoms with van der Waals surface area (Å²) in [6.07, 6.45) is 2.84. The van der Waals surface area contributed by atoms with Crippen LogP contribution in [0.5, 0.6) is 5.75 Å². The second kappa shape index (κ2) is 12.8. The van der Waals surface area contributed by atoms with Gasteiger partial charge in [-0.3, -0.25) is 4.79 Å². The Morgan fingerprint density at radius 1 is 0.975 bits per heavy atom. The fourth-order valence-electron chi connectivity index (χ4n) is 4.44. The van der Waals surface area contributed by atoms with Gasteiger partial charge >= 0.3 is 6.16 Å². The largest absolute Gasteiger partial charge is 0.514 e. The van der Waals surface area contributed by atoms with Crippen LogP contribution in [0.4, 0.5) is 10.5 Å². The van der Waals surface area contributed by atoms with Crippen molar-refractivity contribution in [2.45, 2.75) is 72.4 Å². The van der Waals surface area contributed by atoms with Gasteiger partial charge in [0.25, 0.3) is 0 Å². The number of ketones is 1. The van der Waals surface area contributed by atoms with Gasteiger partial charge in [-0.25, -0.2) is 9.78 Å². The number of imidazole rings is 1. The number of para-hydroxylation sites is 1. The molecule has 0 fully saturated rings. The van der Waals surface area contributed by atoms with Crippen LogP contribution in [0, 0.1) is 0 Å². The number of aromatic nitrogens is 2. The van der Waals surface area contributed by atoms with E-state index in [0.29, 0.717) is 25.3 Å². The number of rotatable bonds is 11. The maximum Gasteiger partial charge on any atom is 0.514 e. The molecule has 0 aliphatic rings. The first-order chi connectivity index (χ1) is 19.2. The van der Waals surface area contributed by atoms with Crippen LogP contribution in [0.25, 0.3) is 22.2 Å². The van der Waals surface area contributed by atoms with Crippen molar-refractivity contribution in [2.75, 3.05) is 11.9 Å². The third kappa shape index (κ3) is 7.50. The minimum atomic E-state index is -0.726. The van der Waals surface area contributed by atoms with Gasteiger partial charge in [-0.15, -0.1) is 0 Å². The normalized spacial score (nSPS) is 11.4. The molecule has 3 aromatic carbocycles. The highest BCUT2D eigenvalue weighted by Gasteiger charge is 2.19. The monoisotopic (exact) mass is 541 g/mol. The number of carbonyl (C=O) groups excluding carboxylic acids is 2. The predicted molar refractivity (Wildman–Crippen MR) is 160 cm³/mol. The molecule has 0 spiro atoms. The van der Waals surface area contributed by atoms with Crippen LogP contribution in [0.1, 0.15) is 65.3 Å². The molecule has 40 heavy (non-hydrogen) atoms. The van der Waals surface area contributed by atoms with E-state index in [1.165, 1.54) is 0 Å². The second-order valence-electron chi connectivity index (χ2n) is 10.9. The first kappa shape index (κ1) is 28.9. The number of ether oxygens (including phenoxy) is 2. The molecule has 7 heteroatoms. The lowest BCUT2D eigenvalue weighted by atomic mass is 10.0. The zero-order valence-electron chi connectivity index (χ0n) is 24.1. The van der Waals surface area contributed by atoms with E-state index in [1.807, 2.05) is 49.4 Å². The molecule has 7 nitrogen and oxygen atoms in total. The minimum Gasteiger partial charge on any atom is -0.428 e. The maximum absolute atomic E-state index is 12.3. The minimum absolute atomic E-state index is 0.176. The quantitative estimate of drug-likeness (QED) is 0.154. The van der Waals surface area contributed by atoms with Crippen LogP contribution in [0.2, 0.25) is 0 Å². The van der Waals surface area contributed by atoms with Crippen LogP contribution in [0.15, 0.2) is 66.7 Å². The lowest BCUT2D eigenvalue weighted by molar-refractivity contribution is -0.117. The highest BCUT2D eigenvalue weighted by molar-refractivity contribution is 5.85. The van der Waals surface area contributed by atoms with Gasteiger partial charge in [-0.2, -0.15) is 0 Å². The van der Waals surface area contributed by atoms with Gasteiger partial charge in [0.1, 0.15) is 17.2 Å². The molecule has 0 bridgehead atoms. The number of fused-ring (bicyclic) bond motifs is 1. The van der Waals surface area contributed by atoms with Gasteiger partial charge in [0, 0.05) is 30.6 Å². The number of hydrogen-bond acceptors (Lipinski definition) is 6. The van der Waals surface area contributed by atoms with Crippen molar-refractivity contribution in [3.63, 3.8) is 0 Å². The Morgan fingerprint density at radius 3 is 2.42 bits per heavy atom. The summed E-state index contributed by atoms with van der Waals surface area (Å²) in [6, 6.07) is 21.8. The number of benzene rings is 3. The molecule has 4 rings (SSSR count). The van der Waals surface area contributed by atoms with E-state index < -0.39 is 11.8 Å². The fourth-order valence-corrected chi connectivity index (χ4v) is 4.44. The smallest absolute Gasteiger partial charge is 0.428 e. The summed E-state index contributed by atoms with van der Waals surface area (Å²) in [7, 11) is 0. The van der Waals surface area contributed by atoms with Gasteiger partial charge in [0.15, 0.2) is 5.78 Å². The molecule has 1 N–H and O–H groups in total. The van der Waals surface area contributed by atoms with Crippen molar-refractivity contribution in [1.82, 2.24) is 9.55 Å². The summed E-state index contributed by atoms with van der Waals surface area (Å²) >= 11 is 0. The van der Waals surface area contributed by atoms with Gasteiger partial charge < -0.3 is 19.4 Å². The number of unbranched alkanes of at least 4 members (excludes halogenated alkanes) is 1. The van der Waals surface area contributed by atoms with E-state index >= 15 is 0 Å². The molecule has 1 heterocycles. The van der Waals surface area contributed by atoms with Crippen molar-refractivity contribution in [3.8, 4) is 16.9 Å². The Morgan fingerprint density at radius 2 is 1.73 bits per heavy atom. The molecule has 1 aromatic heterocycles. The highest BCUT2D eigenvalue weighted by Crippen LogP contribution is 2.31. The first-order valence-corrected chi connectivity index (χ1v) is 14.0. The summed E-state index contributed by atoms with van der Waals surface area (Å²) in [5, 5.41) is 3.25. The Bertz CT molecular complexity index is 1470. The molecular weight excluding hydrogens is 502 g/mol. The van der Waals surface area contributed by atoms with Gasteiger partial charge in [0.2, 0.25) is 0 Å². The topological polar surface area (TPSA) is 82.5 Å². The van der Waals surface area contributed by atoms with Crippen LogP contribution >= 0.6 is 0 Å². The lowest BCUT2D eigenvalue weighted by Gasteiger charge is -2.19. The van der Waals surface area contributed by atoms with Crippen LogP contribution in [-0.4, -0.2) is 33.6 Å². The average Bonchev–Trinajstić information content (AvgIpc) is 3.26. The van der Waals surface area contributed by atoms with E-state index in [1.54, 1.807) is 26.8 Å². The van der Waals surface area contributed by atoms with Gasteiger partial charge in [-0.1, -0.05) is 62.7 Å². The third-order valence-corrected chi connectivity index (χ3v) is 6.54. The molecule has 4 aromatic rings. The summed E-state index contributed by atoms with van der Waals surface area (Å²) in [5.74, 6) is 1.68. The fraction of sp³-hybridized carbons (Fsp3) is 0.364. The highest BCUT2D eigenvalue weighted by atomic mass is 16.7. The standard InChI is InChI=1S/C33H39N3O4/c1-6-8-13-31-35-28-19-18-25(34-21-26(37)7-2)20-29(28)36(31)22-23-14-16-24(17-15-23)27-11-9-10-12-30(27)39-32(38)40-33(3,4)5/h9-12,14-20,34H,6-8,13,21-22H2,1-5H3. The van der Waals surface area contributed by atoms with E-state index in [4.69, 9.17) is 14.5 Å². The number of hydrogen-bond donors (Lipinski definition) is 1. The SMILES string of the molecule is CCCCc1nc2ccc(NCC(=O)CC)cc2n1Cc1ccc(-c2ccccc2OC(=O)OC(C)(C)C)cc1. The molecule has 0 amide bonds. The summed E-state index contributed by atoms with van der Waals surface area (Å²) < 4.78 is 13.2. The molecule has 0 unspecified atom stereocenters. The summed E-state index contributed by atoms with van der Waals surface area (Å²) in [5.41, 5.74) is 5.15. The van der Waals surface area contributed by atoms with E-state index in [9.17, 15) is 9.59 Å². The number of aryl methyl sites for hydroxylation is 1. The third-order valence-electron chi connectivity index (χ3n) is 6.54. The molecule has 0 radical (unpaired) electrons. The number of carbonyl (C=O) groups is 2.